The summed E-state index contributed by atoms with van der Waals surface area (Å²) in [5.41, 5.74) is 6.87. The summed E-state index contributed by atoms with van der Waals surface area (Å²) in [5.74, 6) is -0.686. The standard InChI is InChI=1S/C20H24FN3O2S.ClH/c1-12-9-17(24-19(25)13-6-4-7-15(21)10-13)27-18(12)20(26)23-16-8-3-2-5-14(16)11-22;/h4,6-7,9-10,14,16H,2-3,5,8,11,22H2,1H3,(H,23,26)(H,24,25);1H. The van der Waals surface area contributed by atoms with E-state index in [1.54, 1.807) is 12.1 Å². The zero-order chi connectivity index (χ0) is 19.4. The quantitative estimate of drug-likeness (QED) is 0.673. The number of hydrogen-bond acceptors (Lipinski definition) is 4. The summed E-state index contributed by atoms with van der Waals surface area (Å²) in [6, 6.07) is 7.36. The lowest BCUT2D eigenvalue weighted by Crippen LogP contribution is -2.44. The van der Waals surface area contributed by atoms with Gasteiger partial charge in [-0.1, -0.05) is 18.9 Å². The van der Waals surface area contributed by atoms with Crippen molar-refractivity contribution in [3.8, 4) is 0 Å². The summed E-state index contributed by atoms with van der Waals surface area (Å²) < 4.78 is 13.3. The van der Waals surface area contributed by atoms with Crippen LogP contribution in [-0.2, 0) is 0 Å². The van der Waals surface area contributed by atoms with E-state index in [9.17, 15) is 14.0 Å². The van der Waals surface area contributed by atoms with Gasteiger partial charge < -0.3 is 16.4 Å². The maximum atomic E-state index is 13.3. The van der Waals surface area contributed by atoms with E-state index in [-0.39, 0.29) is 29.9 Å². The number of halogens is 2. The van der Waals surface area contributed by atoms with Crippen LogP contribution < -0.4 is 16.4 Å². The van der Waals surface area contributed by atoms with Gasteiger partial charge >= 0.3 is 0 Å². The Labute approximate surface area is 174 Å². The monoisotopic (exact) mass is 425 g/mol. The molecule has 1 fully saturated rings. The van der Waals surface area contributed by atoms with Gasteiger partial charge in [-0.25, -0.2) is 4.39 Å². The smallest absolute Gasteiger partial charge is 0.261 e. The molecule has 152 valence electrons. The van der Waals surface area contributed by atoms with Gasteiger partial charge in [0.1, 0.15) is 5.82 Å². The molecule has 0 spiro atoms. The van der Waals surface area contributed by atoms with E-state index >= 15 is 0 Å². The van der Waals surface area contributed by atoms with Gasteiger partial charge in [-0.3, -0.25) is 9.59 Å². The molecule has 2 aromatic rings. The molecule has 2 unspecified atom stereocenters. The summed E-state index contributed by atoms with van der Waals surface area (Å²) in [4.78, 5) is 25.5. The van der Waals surface area contributed by atoms with Crippen molar-refractivity contribution in [3.05, 3.63) is 52.2 Å². The second-order valence-electron chi connectivity index (χ2n) is 6.95. The third-order valence-corrected chi connectivity index (χ3v) is 6.13. The maximum Gasteiger partial charge on any atom is 0.261 e. The van der Waals surface area contributed by atoms with E-state index in [4.69, 9.17) is 5.73 Å². The first-order valence-electron chi connectivity index (χ1n) is 9.16. The van der Waals surface area contributed by atoms with E-state index in [1.165, 1.54) is 29.5 Å². The molecule has 2 amide bonds. The average molecular weight is 426 g/mol. The van der Waals surface area contributed by atoms with Gasteiger partial charge in [-0.2, -0.15) is 0 Å². The molecule has 1 aromatic heterocycles. The lowest BCUT2D eigenvalue weighted by molar-refractivity contribution is 0.0911. The van der Waals surface area contributed by atoms with E-state index in [1.807, 2.05) is 6.92 Å². The Kier molecular flexibility index (Phi) is 7.98. The van der Waals surface area contributed by atoms with Gasteiger partial charge in [-0.05, 0) is 62.1 Å². The number of nitrogens with two attached hydrogens (primary N) is 1. The lowest BCUT2D eigenvalue weighted by atomic mass is 9.84. The molecule has 1 saturated carbocycles. The molecular weight excluding hydrogens is 401 g/mol. The Morgan fingerprint density at radius 1 is 1.21 bits per heavy atom. The molecule has 0 bridgehead atoms. The van der Waals surface area contributed by atoms with Crippen molar-refractivity contribution in [2.45, 2.75) is 38.6 Å². The number of carbonyl (C=O) groups excluding carboxylic acids is 2. The zero-order valence-electron chi connectivity index (χ0n) is 15.7. The predicted octanol–water partition coefficient (Wildman–Crippen LogP) is 4.12. The highest BCUT2D eigenvalue weighted by Gasteiger charge is 2.27. The van der Waals surface area contributed by atoms with Crippen molar-refractivity contribution in [1.29, 1.82) is 0 Å². The van der Waals surface area contributed by atoms with Crippen LogP contribution in [0.4, 0.5) is 9.39 Å². The second kappa shape index (κ2) is 10.0. The highest BCUT2D eigenvalue weighted by Crippen LogP contribution is 2.29. The van der Waals surface area contributed by atoms with E-state index in [0.29, 0.717) is 22.3 Å². The van der Waals surface area contributed by atoms with Crippen molar-refractivity contribution in [1.82, 2.24) is 5.32 Å². The third kappa shape index (κ3) is 5.31. The Hall–Kier alpha value is -1.96. The van der Waals surface area contributed by atoms with Gasteiger partial charge in [0.2, 0.25) is 0 Å². The van der Waals surface area contributed by atoms with Crippen LogP contribution in [0.2, 0.25) is 0 Å². The number of benzene rings is 1. The molecule has 5 nitrogen and oxygen atoms in total. The van der Waals surface area contributed by atoms with E-state index in [2.05, 4.69) is 10.6 Å². The molecule has 4 N–H and O–H groups in total. The second-order valence-corrected chi connectivity index (χ2v) is 8.00. The summed E-state index contributed by atoms with van der Waals surface area (Å²) in [6.07, 6.45) is 4.24. The molecule has 0 radical (unpaired) electrons. The third-order valence-electron chi connectivity index (χ3n) is 4.98. The minimum Gasteiger partial charge on any atom is -0.348 e. The Bertz CT molecular complexity index is 843. The van der Waals surface area contributed by atoms with Gasteiger partial charge in [0.25, 0.3) is 11.8 Å². The summed E-state index contributed by atoms with van der Waals surface area (Å²) in [7, 11) is 0. The molecule has 0 aliphatic heterocycles. The van der Waals surface area contributed by atoms with Crippen LogP contribution in [0.25, 0.3) is 0 Å². The molecule has 28 heavy (non-hydrogen) atoms. The van der Waals surface area contributed by atoms with Crippen LogP contribution in [0.3, 0.4) is 0 Å². The fraction of sp³-hybridized carbons (Fsp3) is 0.400. The molecule has 2 atom stereocenters. The van der Waals surface area contributed by atoms with Gasteiger partial charge in [0.15, 0.2) is 0 Å². The van der Waals surface area contributed by atoms with Crippen molar-refractivity contribution in [2.24, 2.45) is 11.7 Å². The first kappa shape index (κ1) is 22.3. The summed E-state index contributed by atoms with van der Waals surface area (Å²) >= 11 is 1.22. The molecule has 0 saturated heterocycles. The van der Waals surface area contributed by atoms with Crippen molar-refractivity contribution >= 4 is 40.6 Å². The topological polar surface area (TPSA) is 84.2 Å². The van der Waals surface area contributed by atoms with Crippen LogP contribution in [-0.4, -0.2) is 24.4 Å². The first-order valence-corrected chi connectivity index (χ1v) is 9.98. The molecule has 1 heterocycles. The Morgan fingerprint density at radius 2 is 1.96 bits per heavy atom. The maximum absolute atomic E-state index is 13.3. The predicted molar refractivity (Wildman–Crippen MR) is 113 cm³/mol. The van der Waals surface area contributed by atoms with E-state index in [0.717, 1.165) is 31.2 Å². The largest absolute Gasteiger partial charge is 0.348 e. The number of anilines is 1. The average Bonchev–Trinajstić information content (AvgIpc) is 3.02. The van der Waals surface area contributed by atoms with Crippen molar-refractivity contribution in [3.63, 3.8) is 0 Å². The number of amides is 2. The molecule has 1 aliphatic carbocycles. The van der Waals surface area contributed by atoms with Crippen molar-refractivity contribution < 1.29 is 14.0 Å². The molecule has 1 aromatic carbocycles. The van der Waals surface area contributed by atoms with Gasteiger partial charge in [0, 0.05) is 11.6 Å². The first-order chi connectivity index (χ1) is 13.0. The van der Waals surface area contributed by atoms with E-state index < -0.39 is 11.7 Å². The van der Waals surface area contributed by atoms with Gasteiger partial charge in [-0.15, -0.1) is 23.7 Å². The molecular formula is C20H25ClFN3O2S. The van der Waals surface area contributed by atoms with Crippen LogP contribution >= 0.6 is 23.7 Å². The highest BCUT2D eigenvalue weighted by molar-refractivity contribution is 7.18. The zero-order valence-corrected chi connectivity index (χ0v) is 17.3. The SMILES string of the molecule is Cc1cc(NC(=O)c2cccc(F)c2)sc1C(=O)NC1CCCCC1CN.Cl. The molecule has 1 aliphatic rings. The summed E-state index contributed by atoms with van der Waals surface area (Å²) in [6.45, 7) is 2.41. The van der Waals surface area contributed by atoms with Crippen LogP contribution in [0.1, 0.15) is 51.3 Å². The fourth-order valence-electron chi connectivity index (χ4n) is 3.50. The number of thiophene rings is 1. The van der Waals surface area contributed by atoms with Crippen LogP contribution in [0.5, 0.6) is 0 Å². The number of rotatable bonds is 5. The van der Waals surface area contributed by atoms with Crippen molar-refractivity contribution in [2.75, 3.05) is 11.9 Å². The number of hydrogen-bond donors (Lipinski definition) is 3. The fourth-order valence-corrected chi connectivity index (χ4v) is 4.47. The Balaban J connectivity index is 0.00000280. The van der Waals surface area contributed by atoms with Gasteiger partial charge in [0.05, 0.1) is 9.88 Å². The summed E-state index contributed by atoms with van der Waals surface area (Å²) in [5, 5.41) is 6.41. The number of aryl methyl sites for hydroxylation is 1. The van der Waals surface area contributed by atoms with Crippen LogP contribution in [0, 0.1) is 18.7 Å². The highest BCUT2D eigenvalue weighted by atomic mass is 35.5. The van der Waals surface area contributed by atoms with Crippen LogP contribution in [0.15, 0.2) is 30.3 Å². The minimum absolute atomic E-state index is 0. The normalized spacial score (nSPS) is 18.8. The number of nitrogens with one attached hydrogen (secondary N) is 2. The number of carbonyl (C=O) groups is 2. The lowest BCUT2D eigenvalue weighted by Gasteiger charge is -2.31. The molecule has 8 heteroatoms. The minimum atomic E-state index is -0.466. The molecule has 3 rings (SSSR count). The Morgan fingerprint density at radius 3 is 2.68 bits per heavy atom.